The molecule has 5 nitrogen and oxygen atoms in total. The summed E-state index contributed by atoms with van der Waals surface area (Å²) in [6.07, 6.45) is 8.15. The van der Waals surface area contributed by atoms with Crippen molar-refractivity contribution in [2.75, 3.05) is 7.05 Å². The lowest BCUT2D eigenvalue weighted by Gasteiger charge is -2.51. The highest BCUT2D eigenvalue weighted by molar-refractivity contribution is 5.95. The monoisotopic (exact) mass is 405 g/mol. The average Bonchev–Trinajstić information content (AvgIpc) is 2.86. The third kappa shape index (κ3) is 2.94. The van der Waals surface area contributed by atoms with Crippen molar-refractivity contribution in [1.82, 2.24) is 14.8 Å². The smallest absolute Gasteiger partial charge is 0.276 e. The molecular weight excluding hydrogens is 374 g/mol. The van der Waals surface area contributed by atoms with Crippen LogP contribution in [-0.2, 0) is 6.42 Å². The highest BCUT2D eigenvalue weighted by Crippen LogP contribution is 2.55. The van der Waals surface area contributed by atoms with Gasteiger partial charge >= 0.3 is 0 Å². The molecule has 2 aromatic rings. The van der Waals surface area contributed by atoms with Crippen molar-refractivity contribution >= 4 is 5.91 Å². The first-order valence-electron chi connectivity index (χ1n) is 11.2. The lowest BCUT2D eigenvalue weighted by atomic mass is 9.69. The van der Waals surface area contributed by atoms with Gasteiger partial charge in [0.1, 0.15) is 5.75 Å². The van der Waals surface area contributed by atoms with Gasteiger partial charge in [-0.05, 0) is 50.4 Å². The molecule has 30 heavy (non-hydrogen) atoms. The number of aromatic nitrogens is 1. The van der Waals surface area contributed by atoms with Crippen molar-refractivity contribution in [1.29, 1.82) is 0 Å². The van der Waals surface area contributed by atoms with Gasteiger partial charge in [-0.15, -0.1) is 0 Å². The number of likely N-dealkylation sites (tertiary alicyclic amines) is 2. The third-order valence-corrected chi connectivity index (χ3v) is 8.04. The summed E-state index contributed by atoms with van der Waals surface area (Å²) in [5.74, 6) is -0.145. The van der Waals surface area contributed by atoms with Crippen molar-refractivity contribution in [3.05, 3.63) is 59.9 Å². The van der Waals surface area contributed by atoms with Crippen LogP contribution in [0, 0.1) is 5.41 Å². The van der Waals surface area contributed by atoms with Crippen molar-refractivity contribution in [2.45, 2.75) is 69.6 Å². The minimum absolute atomic E-state index is 0.0254. The Morgan fingerprint density at radius 3 is 2.60 bits per heavy atom. The number of likely N-dealkylation sites (N-methyl/N-ethyl adjacent to an activating group) is 1. The molecule has 1 aromatic carbocycles. The maximum absolute atomic E-state index is 13.9. The second-order valence-electron chi connectivity index (χ2n) is 9.60. The minimum Gasteiger partial charge on any atom is -0.505 e. The van der Waals surface area contributed by atoms with Gasteiger partial charge in [0.25, 0.3) is 5.91 Å². The molecule has 158 valence electrons. The Kier molecular flexibility index (Phi) is 4.81. The second kappa shape index (κ2) is 7.38. The number of benzene rings is 1. The highest BCUT2D eigenvalue weighted by atomic mass is 16.3. The van der Waals surface area contributed by atoms with Crippen LogP contribution in [0.2, 0.25) is 0 Å². The zero-order valence-corrected chi connectivity index (χ0v) is 17.9. The molecule has 0 unspecified atom stereocenters. The maximum atomic E-state index is 13.9. The van der Waals surface area contributed by atoms with Gasteiger partial charge in [0.05, 0.1) is 6.04 Å². The number of rotatable bonds is 3. The third-order valence-electron chi connectivity index (χ3n) is 8.04. The summed E-state index contributed by atoms with van der Waals surface area (Å²) in [5, 5.41) is 10.4. The van der Waals surface area contributed by atoms with Gasteiger partial charge in [-0.1, -0.05) is 50.1 Å². The van der Waals surface area contributed by atoms with Crippen LogP contribution in [0.4, 0.5) is 0 Å². The largest absolute Gasteiger partial charge is 0.505 e. The number of hydrogen-bond donors (Lipinski definition) is 1. The summed E-state index contributed by atoms with van der Waals surface area (Å²) in [7, 11) is 2.26. The van der Waals surface area contributed by atoms with Gasteiger partial charge in [-0.2, -0.15) is 0 Å². The van der Waals surface area contributed by atoms with Crippen LogP contribution in [0.15, 0.2) is 48.7 Å². The molecule has 1 amide bonds. The summed E-state index contributed by atoms with van der Waals surface area (Å²) in [6, 6.07) is 14.8. The summed E-state index contributed by atoms with van der Waals surface area (Å²) in [5.41, 5.74) is 1.52. The molecule has 2 saturated heterocycles. The maximum Gasteiger partial charge on any atom is 0.276 e. The van der Waals surface area contributed by atoms with Crippen molar-refractivity contribution < 1.29 is 9.90 Å². The first kappa shape index (κ1) is 19.6. The molecule has 0 spiro atoms. The fraction of sp³-hybridized carbons (Fsp3) is 0.520. The number of nitrogens with zero attached hydrogens (tertiary/aromatic N) is 3. The number of amides is 1. The molecule has 3 heterocycles. The topological polar surface area (TPSA) is 56.7 Å². The molecule has 1 aromatic heterocycles. The highest BCUT2D eigenvalue weighted by Gasteiger charge is 2.61. The van der Waals surface area contributed by atoms with Gasteiger partial charge in [0, 0.05) is 29.7 Å². The van der Waals surface area contributed by atoms with Crippen LogP contribution in [-0.4, -0.2) is 57.0 Å². The van der Waals surface area contributed by atoms with Crippen molar-refractivity contribution in [3.8, 4) is 5.75 Å². The molecule has 1 saturated carbocycles. The van der Waals surface area contributed by atoms with Gasteiger partial charge in [0.2, 0.25) is 0 Å². The number of carbonyl (C=O) groups is 1. The van der Waals surface area contributed by atoms with Gasteiger partial charge in [0.15, 0.2) is 5.69 Å². The Morgan fingerprint density at radius 1 is 1.13 bits per heavy atom. The number of piperidine rings is 1. The van der Waals surface area contributed by atoms with Crippen molar-refractivity contribution in [2.24, 2.45) is 5.41 Å². The van der Waals surface area contributed by atoms with E-state index < -0.39 is 0 Å². The SMILES string of the molecule is CN1[C@H]2CCCC[C@H]3N(C(=O)c4ncccc4O)[C@@H](Cc4ccccc4)[C@@H]1C[C@@]23C. The standard InChI is InChI=1S/C25H31N3O2/c1-25-16-19-18(15-17-9-4-3-5-10-17)28(24(30)23-20(29)11-8-14-26-23)22(25)13-7-6-12-21(25)27(19)2/h3-5,8-11,14,18-19,21-22,29H,6-7,12-13,15-16H2,1-2H3/t18-,19-,21-,22+,25-/m0/s1. The molecular formula is C25H31N3O2. The molecule has 5 heteroatoms. The predicted molar refractivity (Wildman–Crippen MR) is 116 cm³/mol. The van der Waals surface area contributed by atoms with Crippen LogP contribution in [0.25, 0.3) is 0 Å². The predicted octanol–water partition coefficient (Wildman–Crippen LogP) is 3.88. The summed E-state index contributed by atoms with van der Waals surface area (Å²) in [4.78, 5) is 22.9. The first-order valence-corrected chi connectivity index (χ1v) is 11.2. The fourth-order valence-corrected chi connectivity index (χ4v) is 6.67. The Hall–Kier alpha value is -2.40. The lowest BCUT2D eigenvalue weighted by Crippen LogP contribution is -2.61. The van der Waals surface area contributed by atoms with Crippen LogP contribution >= 0.6 is 0 Å². The minimum atomic E-state index is -0.120. The van der Waals surface area contributed by atoms with Gasteiger partial charge < -0.3 is 10.0 Å². The number of carbonyl (C=O) groups excluding carboxylic acids is 1. The Morgan fingerprint density at radius 2 is 1.87 bits per heavy atom. The number of hydrogen-bond acceptors (Lipinski definition) is 4. The van der Waals surface area contributed by atoms with E-state index in [1.165, 1.54) is 18.4 Å². The molecule has 3 aliphatic rings. The number of pyridine rings is 1. The molecule has 2 aliphatic heterocycles. The number of fused-ring (bicyclic) bond motifs is 1. The van der Waals surface area contributed by atoms with E-state index in [0.717, 1.165) is 25.7 Å². The fourth-order valence-electron chi connectivity index (χ4n) is 6.67. The zero-order valence-electron chi connectivity index (χ0n) is 17.9. The van der Waals surface area contributed by atoms with E-state index in [-0.39, 0.29) is 34.8 Å². The molecule has 1 aliphatic carbocycles. The van der Waals surface area contributed by atoms with E-state index in [0.29, 0.717) is 12.1 Å². The van der Waals surface area contributed by atoms with E-state index >= 15 is 0 Å². The normalized spacial score (nSPS) is 33.3. The Labute approximate surface area is 178 Å². The lowest BCUT2D eigenvalue weighted by molar-refractivity contribution is 0.00145. The summed E-state index contributed by atoms with van der Waals surface area (Å²) >= 11 is 0. The zero-order chi connectivity index (χ0) is 20.9. The Balaban J connectivity index is 1.61. The number of aromatic hydroxyl groups is 1. The van der Waals surface area contributed by atoms with Crippen LogP contribution in [0.3, 0.4) is 0 Å². The van der Waals surface area contributed by atoms with Crippen LogP contribution in [0.1, 0.15) is 55.1 Å². The second-order valence-corrected chi connectivity index (χ2v) is 9.60. The van der Waals surface area contributed by atoms with E-state index in [9.17, 15) is 9.90 Å². The molecule has 1 N–H and O–H groups in total. The molecule has 3 fully saturated rings. The van der Waals surface area contributed by atoms with E-state index in [1.807, 2.05) is 6.07 Å². The van der Waals surface area contributed by atoms with Crippen molar-refractivity contribution in [3.63, 3.8) is 0 Å². The molecule has 5 rings (SSSR count). The average molecular weight is 406 g/mol. The summed E-state index contributed by atoms with van der Waals surface area (Å²) in [6.45, 7) is 2.39. The van der Waals surface area contributed by atoms with E-state index in [1.54, 1.807) is 18.3 Å². The van der Waals surface area contributed by atoms with E-state index in [2.05, 4.69) is 53.0 Å². The van der Waals surface area contributed by atoms with Crippen LogP contribution in [0.5, 0.6) is 5.75 Å². The first-order chi connectivity index (χ1) is 14.5. The van der Waals surface area contributed by atoms with Crippen LogP contribution < -0.4 is 0 Å². The summed E-state index contributed by atoms with van der Waals surface area (Å²) < 4.78 is 0. The van der Waals surface area contributed by atoms with Gasteiger partial charge in [-0.3, -0.25) is 9.69 Å². The molecule has 2 bridgehead atoms. The van der Waals surface area contributed by atoms with E-state index in [4.69, 9.17) is 0 Å². The molecule has 0 radical (unpaired) electrons. The van der Waals surface area contributed by atoms with Gasteiger partial charge in [-0.25, -0.2) is 4.98 Å². The Bertz CT molecular complexity index is 933. The molecule has 5 atom stereocenters. The quantitative estimate of drug-likeness (QED) is 0.842.